The fourth-order valence-electron chi connectivity index (χ4n) is 4.75. The summed E-state index contributed by atoms with van der Waals surface area (Å²) in [5.41, 5.74) is 8.60. The summed E-state index contributed by atoms with van der Waals surface area (Å²) in [7, 11) is 3.88. The van der Waals surface area contributed by atoms with Gasteiger partial charge in [-0.3, -0.25) is 15.0 Å². The van der Waals surface area contributed by atoms with Crippen LogP contribution in [-0.2, 0) is 0 Å². The molecule has 0 bridgehead atoms. The molecule has 0 radical (unpaired) electrons. The predicted octanol–water partition coefficient (Wildman–Crippen LogP) is 4.20. The predicted molar refractivity (Wildman–Crippen MR) is 170 cm³/mol. The Labute approximate surface area is 249 Å². The van der Waals surface area contributed by atoms with Crippen LogP contribution in [-0.4, -0.2) is 72.1 Å². The lowest BCUT2D eigenvalue weighted by molar-refractivity contribution is 0.101. The first-order valence-corrected chi connectivity index (χ1v) is 13.9. The van der Waals surface area contributed by atoms with E-state index in [1.165, 1.54) is 0 Å². The average Bonchev–Trinajstić information content (AvgIpc) is 3.39. The van der Waals surface area contributed by atoms with Gasteiger partial charge in [-0.1, -0.05) is 12.1 Å². The number of nitrogens with zero attached hydrogens (tertiary/aromatic N) is 4. The summed E-state index contributed by atoms with van der Waals surface area (Å²) >= 11 is 0. The fourth-order valence-corrected chi connectivity index (χ4v) is 4.75. The van der Waals surface area contributed by atoms with E-state index in [9.17, 15) is 19.8 Å². The van der Waals surface area contributed by atoms with Gasteiger partial charge in [-0.25, -0.2) is 9.66 Å². The molecule has 0 atom stereocenters. The number of carbonyl (C=O) groups excluding carboxylic acids is 2. The Bertz CT molecular complexity index is 1690. The van der Waals surface area contributed by atoms with E-state index in [1.54, 1.807) is 41.1 Å². The zero-order valence-corrected chi connectivity index (χ0v) is 24.1. The lowest BCUT2D eigenvalue weighted by atomic mass is 10.1. The Morgan fingerprint density at radius 3 is 1.95 bits per heavy atom. The molecule has 0 unspecified atom stereocenters. The first-order valence-electron chi connectivity index (χ1n) is 13.9. The minimum Gasteiger partial charge on any atom is -0.395 e. The van der Waals surface area contributed by atoms with Crippen LogP contribution in [0.3, 0.4) is 0 Å². The van der Waals surface area contributed by atoms with Gasteiger partial charge in [-0.15, -0.1) is 0 Å². The molecule has 1 aromatic heterocycles. The highest BCUT2D eigenvalue weighted by Crippen LogP contribution is 2.26. The molecular formula is C33H34N6O4. The summed E-state index contributed by atoms with van der Waals surface area (Å²) in [6.45, 7) is 0.755. The topological polar surface area (TPSA) is 123 Å². The van der Waals surface area contributed by atoms with E-state index in [2.05, 4.69) is 10.7 Å². The molecule has 0 aliphatic heterocycles. The number of aliphatic hydroxyl groups excluding tert-OH is 2. The third-order valence-electron chi connectivity index (χ3n) is 7.06. The Morgan fingerprint density at radius 2 is 1.33 bits per heavy atom. The van der Waals surface area contributed by atoms with Crippen molar-refractivity contribution in [3.8, 4) is 11.4 Å². The highest BCUT2D eigenvalue weighted by Gasteiger charge is 2.17. The van der Waals surface area contributed by atoms with Gasteiger partial charge in [0.15, 0.2) is 5.82 Å². The number of para-hydroxylation sites is 2. The van der Waals surface area contributed by atoms with Crippen molar-refractivity contribution in [3.63, 3.8) is 0 Å². The lowest BCUT2D eigenvalue weighted by Gasteiger charge is -2.23. The molecule has 0 fully saturated rings. The van der Waals surface area contributed by atoms with Crippen molar-refractivity contribution in [1.29, 1.82) is 0 Å². The third kappa shape index (κ3) is 6.66. The van der Waals surface area contributed by atoms with Crippen molar-refractivity contribution in [2.45, 2.75) is 0 Å². The lowest BCUT2D eigenvalue weighted by Crippen LogP contribution is -2.29. The van der Waals surface area contributed by atoms with Gasteiger partial charge in [0, 0.05) is 60.9 Å². The number of hydrogen-bond donors (Lipinski definition) is 4. The number of benzene rings is 4. The molecule has 2 amide bonds. The minimum absolute atomic E-state index is 0.0260. The van der Waals surface area contributed by atoms with Crippen LogP contribution in [0, 0.1) is 0 Å². The second-order valence-corrected chi connectivity index (χ2v) is 10.2. The van der Waals surface area contributed by atoms with Crippen molar-refractivity contribution in [1.82, 2.24) is 9.66 Å². The minimum atomic E-state index is -0.338. The standard InChI is InChI=1S/C33H34N6O4/c1-37(2)27-15-11-24(12-16-27)32(42)34-26-13-7-25(8-14-26)33(43)36-39-30-6-4-3-5-29(30)35-31(39)23-9-17-28(18-10-23)38(19-21-40)20-22-41/h3-18,40-41H,19-22H2,1-2H3,(H,34,42)(H,36,43). The maximum Gasteiger partial charge on any atom is 0.270 e. The number of nitrogens with one attached hydrogen (secondary N) is 2. The van der Waals surface area contributed by atoms with Crippen LogP contribution in [0.4, 0.5) is 17.1 Å². The SMILES string of the molecule is CN(C)c1ccc(C(=O)Nc2ccc(C(=O)Nn3c(-c4ccc(N(CCO)CCO)cc4)nc4ccccc43)cc2)cc1. The van der Waals surface area contributed by atoms with Gasteiger partial charge in [0.2, 0.25) is 0 Å². The summed E-state index contributed by atoms with van der Waals surface area (Å²) < 4.78 is 1.67. The molecule has 0 aliphatic carbocycles. The molecule has 0 spiro atoms. The Morgan fingerprint density at radius 1 is 0.744 bits per heavy atom. The van der Waals surface area contributed by atoms with Crippen molar-refractivity contribution in [3.05, 3.63) is 108 Å². The monoisotopic (exact) mass is 578 g/mol. The number of imidazole rings is 1. The summed E-state index contributed by atoms with van der Waals surface area (Å²) in [6.07, 6.45) is 0. The van der Waals surface area contributed by atoms with Gasteiger partial charge in [-0.05, 0) is 84.9 Å². The van der Waals surface area contributed by atoms with E-state index in [0.717, 1.165) is 28.0 Å². The number of carbonyl (C=O) groups is 2. The van der Waals surface area contributed by atoms with E-state index in [1.807, 2.05) is 84.6 Å². The molecule has 5 rings (SSSR count). The molecule has 1 heterocycles. The molecule has 10 nitrogen and oxygen atoms in total. The van der Waals surface area contributed by atoms with Gasteiger partial charge in [0.05, 0.1) is 24.2 Å². The molecule has 0 aliphatic rings. The highest BCUT2D eigenvalue weighted by molar-refractivity contribution is 6.05. The number of aliphatic hydroxyl groups is 2. The number of aromatic nitrogens is 2. The third-order valence-corrected chi connectivity index (χ3v) is 7.06. The maximum atomic E-state index is 13.4. The summed E-state index contributed by atoms with van der Waals surface area (Å²) in [5, 5.41) is 21.6. The number of fused-ring (bicyclic) bond motifs is 1. The first-order chi connectivity index (χ1) is 20.9. The summed E-state index contributed by atoms with van der Waals surface area (Å²) in [6, 6.07) is 29.1. The van der Waals surface area contributed by atoms with Crippen molar-refractivity contribution >= 4 is 39.9 Å². The Hall–Kier alpha value is -5.19. The van der Waals surface area contributed by atoms with Gasteiger partial charge >= 0.3 is 0 Å². The van der Waals surface area contributed by atoms with Gasteiger partial charge in [0.1, 0.15) is 0 Å². The summed E-state index contributed by atoms with van der Waals surface area (Å²) in [4.78, 5) is 34.7. The second kappa shape index (κ2) is 13.2. The van der Waals surface area contributed by atoms with Crippen LogP contribution in [0.5, 0.6) is 0 Å². The fraction of sp³-hybridized carbons (Fsp3) is 0.182. The van der Waals surface area contributed by atoms with Crippen LogP contribution >= 0.6 is 0 Å². The largest absolute Gasteiger partial charge is 0.395 e. The van der Waals surface area contributed by atoms with E-state index in [-0.39, 0.29) is 25.0 Å². The van der Waals surface area contributed by atoms with E-state index >= 15 is 0 Å². The Balaban J connectivity index is 1.34. The van der Waals surface area contributed by atoms with Crippen molar-refractivity contribution in [2.24, 2.45) is 0 Å². The first kappa shape index (κ1) is 29.3. The quantitative estimate of drug-likeness (QED) is 0.185. The van der Waals surface area contributed by atoms with Gasteiger partial charge < -0.3 is 25.3 Å². The molecule has 220 valence electrons. The molecule has 10 heteroatoms. The highest BCUT2D eigenvalue weighted by atomic mass is 16.3. The Kier molecular flexibility index (Phi) is 8.99. The van der Waals surface area contributed by atoms with Crippen LogP contribution in [0.15, 0.2) is 97.1 Å². The van der Waals surface area contributed by atoms with Crippen molar-refractivity contribution < 1.29 is 19.8 Å². The van der Waals surface area contributed by atoms with Crippen LogP contribution in [0.2, 0.25) is 0 Å². The normalized spacial score (nSPS) is 10.9. The van der Waals surface area contributed by atoms with Gasteiger partial charge in [-0.2, -0.15) is 0 Å². The molecule has 5 aromatic rings. The maximum absolute atomic E-state index is 13.4. The van der Waals surface area contributed by atoms with Crippen LogP contribution in [0.25, 0.3) is 22.4 Å². The van der Waals surface area contributed by atoms with Crippen LogP contribution < -0.4 is 20.5 Å². The zero-order valence-electron chi connectivity index (χ0n) is 24.1. The van der Waals surface area contributed by atoms with E-state index < -0.39 is 0 Å². The second-order valence-electron chi connectivity index (χ2n) is 10.2. The summed E-state index contributed by atoms with van der Waals surface area (Å²) in [5.74, 6) is -0.0183. The zero-order chi connectivity index (χ0) is 30.3. The van der Waals surface area contributed by atoms with E-state index in [0.29, 0.717) is 35.7 Å². The average molecular weight is 579 g/mol. The molecule has 0 saturated carbocycles. The molecule has 43 heavy (non-hydrogen) atoms. The number of amides is 2. The molecular weight excluding hydrogens is 544 g/mol. The van der Waals surface area contributed by atoms with E-state index in [4.69, 9.17) is 4.98 Å². The smallest absolute Gasteiger partial charge is 0.270 e. The van der Waals surface area contributed by atoms with Crippen molar-refractivity contribution in [2.75, 3.05) is 60.9 Å². The number of hydrogen-bond acceptors (Lipinski definition) is 7. The van der Waals surface area contributed by atoms with Gasteiger partial charge in [0.25, 0.3) is 11.8 Å². The van der Waals surface area contributed by atoms with Crippen LogP contribution in [0.1, 0.15) is 20.7 Å². The number of anilines is 3. The molecule has 0 saturated heterocycles. The number of rotatable bonds is 11. The molecule has 4 aromatic carbocycles. The molecule has 4 N–H and O–H groups in total.